The summed E-state index contributed by atoms with van der Waals surface area (Å²) < 4.78 is 0. The molecule has 0 aliphatic carbocycles. The van der Waals surface area contributed by atoms with E-state index < -0.39 is 0 Å². The summed E-state index contributed by atoms with van der Waals surface area (Å²) in [5, 5.41) is 4.47. The normalized spacial score (nSPS) is 12.6. The van der Waals surface area contributed by atoms with Gasteiger partial charge in [0.1, 0.15) is 0 Å². The van der Waals surface area contributed by atoms with Crippen molar-refractivity contribution >= 4 is 22.3 Å². The van der Waals surface area contributed by atoms with E-state index in [-0.39, 0.29) is 0 Å². The molecule has 90 valence electrons. The number of nitrogens with one attached hydrogen (secondary N) is 1. The first-order chi connectivity index (χ1) is 8.22. The Labute approximate surface area is 102 Å². The number of rotatable bonds is 4. The minimum Gasteiger partial charge on any atom is -0.397 e. The van der Waals surface area contributed by atoms with Crippen LogP contribution in [0.25, 0.3) is 10.9 Å². The van der Waals surface area contributed by atoms with Gasteiger partial charge in [0, 0.05) is 17.6 Å². The van der Waals surface area contributed by atoms with Gasteiger partial charge in [-0.1, -0.05) is 13.3 Å². The van der Waals surface area contributed by atoms with Gasteiger partial charge in [0.2, 0.25) is 0 Å². The molecular weight excluding hydrogens is 210 g/mol. The Balaban J connectivity index is 2.32. The standard InChI is InChI=1S/C14H19N3/c1-3-5-10(2)17-13-8-7-12-11(14(13)15)6-4-9-16-12/h4,6-10,17H,3,5,15H2,1-2H3. The van der Waals surface area contributed by atoms with Gasteiger partial charge in [-0.15, -0.1) is 0 Å². The molecule has 0 radical (unpaired) electrons. The van der Waals surface area contributed by atoms with Crippen LogP contribution < -0.4 is 11.1 Å². The molecule has 0 aliphatic heterocycles. The van der Waals surface area contributed by atoms with E-state index in [1.807, 2.05) is 24.3 Å². The van der Waals surface area contributed by atoms with Crippen LogP contribution >= 0.6 is 0 Å². The molecule has 1 atom stereocenters. The molecule has 0 spiro atoms. The number of hydrogen-bond acceptors (Lipinski definition) is 3. The number of aromatic nitrogens is 1. The van der Waals surface area contributed by atoms with E-state index in [2.05, 4.69) is 24.1 Å². The van der Waals surface area contributed by atoms with E-state index in [4.69, 9.17) is 5.73 Å². The maximum atomic E-state index is 6.16. The molecule has 2 aromatic rings. The zero-order chi connectivity index (χ0) is 12.3. The van der Waals surface area contributed by atoms with Crippen LogP contribution in [0.15, 0.2) is 30.5 Å². The van der Waals surface area contributed by atoms with Gasteiger partial charge in [0.15, 0.2) is 0 Å². The Bertz CT molecular complexity index is 508. The lowest BCUT2D eigenvalue weighted by molar-refractivity contribution is 0.691. The lowest BCUT2D eigenvalue weighted by Gasteiger charge is -2.16. The highest BCUT2D eigenvalue weighted by Gasteiger charge is 2.07. The fraction of sp³-hybridized carbons (Fsp3) is 0.357. The third-order valence-corrected chi connectivity index (χ3v) is 2.95. The minimum absolute atomic E-state index is 0.441. The molecule has 0 aliphatic rings. The Morgan fingerprint density at radius 2 is 2.18 bits per heavy atom. The van der Waals surface area contributed by atoms with Crippen molar-refractivity contribution in [3.05, 3.63) is 30.5 Å². The third kappa shape index (κ3) is 2.49. The second-order valence-electron chi connectivity index (χ2n) is 4.43. The summed E-state index contributed by atoms with van der Waals surface area (Å²) in [7, 11) is 0. The number of nitrogens with two attached hydrogens (primary N) is 1. The molecule has 3 heteroatoms. The number of fused-ring (bicyclic) bond motifs is 1. The van der Waals surface area contributed by atoms with Crippen LogP contribution in [0.4, 0.5) is 11.4 Å². The van der Waals surface area contributed by atoms with Gasteiger partial charge in [-0.25, -0.2) is 0 Å². The predicted octanol–water partition coefficient (Wildman–Crippen LogP) is 3.42. The maximum absolute atomic E-state index is 6.16. The predicted molar refractivity (Wildman–Crippen MR) is 74.1 cm³/mol. The van der Waals surface area contributed by atoms with Crippen LogP contribution in [0, 0.1) is 0 Å². The summed E-state index contributed by atoms with van der Waals surface area (Å²) >= 11 is 0. The van der Waals surface area contributed by atoms with Crippen molar-refractivity contribution < 1.29 is 0 Å². The van der Waals surface area contributed by atoms with E-state index in [0.29, 0.717) is 6.04 Å². The lowest BCUT2D eigenvalue weighted by Crippen LogP contribution is -2.15. The number of hydrogen-bond donors (Lipinski definition) is 2. The Kier molecular flexibility index (Phi) is 3.47. The van der Waals surface area contributed by atoms with Gasteiger partial charge in [-0.2, -0.15) is 0 Å². The van der Waals surface area contributed by atoms with Crippen molar-refractivity contribution in [1.82, 2.24) is 4.98 Å². The summed E-state index contributed by atoms with van der Waals surface area (Å²) in [6.07, 6.45) is 4.10. The van der Waals surface area contributed by atoms with Crippen molar-refractivity contribution in [2.24, 2.45) is 0 Å². The highest BCUT2D eigenvalue weighted by atomic mass is 14.9. The Morgan fingerprint density at radius 1 is 1.35 bits per heavy atom. The Morgan fingerprint density at radius 3 is 2.94 bits per heavy atom. The van der Waals surface area contributed by atoms with Crippen molar-refractivity contribution in [3.63, 3.8) is 0 Å². The highest BCUT2D eigenvalue weighted by molar-refractivity contribution is 5.96. The lowest BCUT2D eigenvalue weighted by atomic mass is 10.1. The average Bonchev–Trinajstić information content (AvgIpc) is 2.33. The number of pyridine rings is 1. The fourth-order valence-corrected chi connectivity index (χ4v) is 2.07. The molecule has 0 amide bonds. The molecule has 1 aromatic heterocycles. The molecule has 1 aromatic carbocycles. The second kappa shape index (κ2) is 5.04. The molecule has 3 N–H and O–H groups in total. The minimum atomic E-state index is 0.441. The first-order valence-electron chi connectivity index (χ1n) is 6.12. The van der Waals surface area contributed by atoms with Crippen LogP contribution in [0.3, 0.4) is 0 Å². The number of nitrogen functional groups attached to an aromatic ring is 1. The van der Waals surface area contributed by atoms with Crippen LogP contribution in [-0.2, 0) is 0 Å². The van der Waals surface area contributed by atoms with Gasteiger partial charge >= 0.3 is 0 Å². The van der Waals surface area contributed by atoms with E-state index in [0.717, 1.165) is 28.7 Å². The Hall–Kier alpha value is -1.77. The average molecular weight is 229 g/mol. The highest BCUT2D eigenvalue weighted by Crippen LogP contribution is 2.28. The summed E-state index contributed by atoms with van der Waals surface area (Å²) in [4.78, 5) is 4.29. The third-order valence-electron chi connectivity index (χ3n) is 2.95. The van der Waals surface area contributed by atoms with Crippen LogP contribution in [0.1, 0.15) is 26.7 Å². The zero-order valence-corrected chi connectivity index (χ0v) is 10.4. The van der Waals surface area contributed by atoms with Gasteiger partial charge in [-0.05, 0) is 37.6 Å². The van der Waals surface area contributed by atoms with Crippen molar-refractivity contribution in [1.29, 1.82) is 0 Å². The molecule has 0 saturated carbocycles. The molecule has 2 rings (SSSR count). The summed E-state index contributed by atoms with van der Waals surface area (Å²) in [5.74, 6) is 0. The maximum Gasteiger partial charge on any atom is 0.0724 e. The molecule has 0 saturated heterocycles. The second-order valence-corrected chi connectivity index (χ2v) is 4.43. The van der Waals surface area contributed by atoms with E-state index in [1.54, 1.807) is 6.20 Å². The summed E-state index contributed by atoms with van der Waals surface area (Å²) in [5.41, 5.74) is 8.90. The molecule has 0 fully saturated rings. The topological polar surface area (TPSA) is 50.9 Å². The first-order valence-corrected chi connectivity index (χ1v) is 6.12. The number of nitrogens with zero attached hydrogens (tertiary/aromatic N) is 1. The molecule has 1 heterocycles. The zero-order valence-electron chi connectivity index (χ0n) is 10.4. The van der Waals surface area contributed by atoms with Gasteiger partial charge in [-0.3, -0.25) is 4.98 Å². The van der Waals surface area contributed by atoms with Crippen LogP contribution in [0.2, 0.25) is 0 Å². The summed E-state index contributed by atoms with van der Waals surface area (Å²) in [6.45, 7) is 4.36. The van der Waals surface area contributed by atoms with Gasteiger partial charge in [0.05, 0.1) is 16.9 Å². The van der Waals surface area contributed by atoms with E-state index in [9.17, 15) is 0 Å². The van der Waals surface area contributed by atoms with E-state index in [1.165, 1.54) is 6.42 Å². The van der Waals surface area contributed by atoms with E-state index >= 15 is 0 Å². The van der Waals surface area contributed by atoms with Crippen molar-refractivity contribution in [3.8, 4) is 0 Å². The quantitative estimate of drug-likeness (QED) is 0.790. The molecular formula is C14H19N3. The van der Waals surface area contributed by atoms with Crippen LogP contribution in [0.5, 0.6) is 0 Å². The number of benzene rings is 1. The van der Waals surface area contributed by atoms with Gasteiger partial charge < -0.3 is 11.1 Å². The molecule has 1 unspecified atom stereocenters. The fourth-order valence-electron chi connectivity index (χ4n) is 2.07. The van der Waals surface area contributed by atoms with Crippen molar-refractivity contribution in [2.75, 3.05) is 11.1 Å². The molecule has 17 heavy (non-hydrogen) atoms. The number of anilines is 2. The van der Waals surface area contributed by atoms with Crippen LogP contribution in [-0.4, -0.2) is 11.0 Å². The van der Waals surface area contributed by atoms with Gasteiger partial charge in [0.25, 0.3) is 0 Å². The molecule has 0 bridgehead atoms. The summed E-state index contributed by atoms with van der Waals surface area (Å²) in [6, 6.07) is 8.38. The monoisotopic (exact) mass is 229 g/mol. The van der Waals surface area contributed by atoms with Crippen molar-refractivity contribution in [2.45, 2.75) is 32.7 Å². The first kappa shape index (κ1) is 11.7. The molecule has 3 nitrogen and oxygen atoms in total. The SMILES string of the molecule is CCCC(C)Nc1ccc2ncccc2c1N. The largest absolute Gasteiger partial charge is 0.397 e. The smallest absolute Gasteiger partial charge is 0.0724 e.